The lowest BCUT2D eigenvalue weighted by atomic mass is 10.2. The predicted octanol–water partition coefficient (Wildman–Crippen LogP) is 0.923. The summed E-state index contributed by atoms with van der Waals surface area (Å²) >= 11 is 0. The van der Waals surface area contributed by atoms with E-state index in [2.05, 4.69) is 28.6 Å². The van der Waals surface area contributed by atoms with Crippen LogP contribution in [0.2, 0.25) is 0 Å². The zero-order chi connectivity index (χ0) is 13.4. The second kappa shape index (κ2) is 4.92. The van der Waals surface area contributed by atoms with Crippen molar-refractivity contribution in [1.82, 2.24) is 19.7 Å². The Morgan fingerprint density at radius 3 is 2.89 bits per heavy atom. The Hall–Kier alpha value is -1.43. The monoisotopic (exact) mass is 264 g/mol. The summed E-state index contributed by atoms with van der Waals surface area (Å²) in [4.78, 5) is 14.1. The maximum atomic E-state index is 12.3. The molecule has 6 nitrogen and oxygen atoms in total. The highest BCUT2D eigenvalue weighted by atomic mass is 16.5. The van der Waals surface area contributed by atoms with E-state index in [1.807, 2.05) is 4.90 Å². The SMILES string of the molecule is CC(C)c1nnc2n1CCN(C(=O)[C@H]1CCCO1)C2. The molecule has 0 aliphatic carbocycles. The third kappa shape index (κ3) is 2.25. The molecule has 19 heavy (non-hydrogen) atoms. The van der Waals surface area contributed by atoms with Crippen molar-refractivity contribution in [2.45, 2.75) is 51.8 Å². The quantitative estimate of drug-likeness (QED) is 0.797. The van der Waals surface area contributed by atoms with Crippen LogP contribution in [0.4, 0.5) is 0 Å². The van der Waals surface area contributed by atoms with Gasteiger partial charge >= 0.3 is 0 Å². The lowest BCUT2D eigenvalue weighted by Gasteiger charge is -2.29. The topological polar surface area (TPSA) is 60.2 Å². The molecule has 0 saturated carbocycles. The molecule has 0 aromatic carbocycles. The molecule has 0 radical (unpaired) electrons. The van der Waals surface area contributed by atoms with E-state index in [9.17, 15) is 4.79 Å². The molecule has 1 amide bonds. The molecule has 1 aromatic rings. The molecule has 1 saturated heterocycles. The Labute approximate surface area is 112 Å². The number of rotatable bonds is 2. The second-order valence-electron chi connectivity index (χ2n) is 5.54. The number of nitrogens with zero attached hydrogens (tertiary/aromatic N) is 4. The van der Waals surface area contributed by atoms with Gasteiger partial charge in [-0.3, -0.25) is 4.79 Å². The van der Waals surface area contributed by atoms with E-state index in [4.69, 9.17) is 4.74 Å². The highest BCUT2D eigenvalue weighted by Gasteiger charge is 2.31. The first kappa shape index (κ1) is 12.6. The minimum Gasteiger partial charge on any atom is -0.368 e. The molecule has 6 heteroatoms. The number of fused-ring (bicyclic) bond motifs is 1. The number of hydrogen-bond acceptors (Lipinski definition) is 4. The van der Waals surface area contributed by atoms with Gasteiger partial charge in [-0.2, -0.15) is 0 Å². The first-order valence-electron chi connectivity index (χ1n) is 6.99. The third-order valence-corrected chi connectivity index (χ3v) is 3.82. The van der Waals surface area contributed by atoms with Crippen LogP contribution in [0.1, 0.15) is 44.3 Å². The van der Waals surface area contributed by atoms with Crippen molar-refractivity contribution in [3.63, 3.8) is 0 Å². The molecule has 0 unspecified atom stereocenters. The molecular formula is C13H20N4O2. The Kier molecular flexibility index (Phi) is 3.26. The summed E-state index contributed by atoms with van der Waals surface area (Å²) in [5, 5.41) is 8.45. The summed E-state index contributed by atoms with van der Waals surface area (Å²) in [6, 6.07) is 0. The van der Waals surface area contributed by atoms with E-state index >= 15 is 0 Å². The summed E-state index contributed by atoms with van der Waals surface area (Å²) in [6.07, 6.45) is 1.59. The normalized spacial score (nSPS) is 22.9. The fraction of sp³-hybridized carbons (Fsp3) is 0.769. The van der Waals surface area contributed by atoms with Crippen LogP contribution >= 0.6 is 0 Å². The molecule has 1 aromatic heterocycles. The Morgan fingerprint density at radius 1 is 1.37 bits per heavy atom. The van der Waals surface area contributed by atoms with Gasteiger partial charge in [-0.05, 0) is 12.8 Å². The second-order valence-corrected chi connectivity index (χ2v) is 5.54. The fourth-order valence-electron chi connectivity index (χ4n) is 2.77. The molecule has 2 aliphatic rings. The lowest BCUT2D eigenvalue weighted by Crippen LogP contribution is -2.43. The number of carbonyl (C=O) groups is 1. The largest absolute Gasteiger partial charge is 0.368 e. The molecule has 3 heterocycles. The summed E-state index contributed by atoms with van der Waals surface area (Å²) in [7, 11) is 0. The van der Waals surface area contributed by atoms with E-state index in [-0.39, 0.29) is 12.0 Å². The minimum absolute atomic E-state index is 0.109. The van der Waals surface area contributed by atoms with Crippen molar-refractivity contribution in [2.75, 3.05) is 13.2 Å². The van der Waals surface area contributed by atoms with E-state index in [0.29, 0.717) is 19.1 Å². The van der Waals surface area contributed by atoms with Gasteiger partial charge in [0.25, 0.3) is 5.91 Å². The Balaban J connectivity index is 1.73. The zero-order valence-electron chi connectivity index (χ0n) is 11.5. The number of hydrogen-bond donors (Lipinski definition) is 0. The van der Waals surface area contributed by atoms with Crippen LogP contribution in [0.3, 0.4) is 0 Å². The smallest absolute Gasteiger partial charge is 0.252 e. The molecule has 104 valence electrons. The molecule has 1 atom stereocenters. The summed E-state index contributed by atoms with van der Waals surface area (Å²) in [5.41, 5.74) is 0. The van der Waals surface area contributed by atoms with Crippen molar-refractivity contribution in [2.24, 2.45) is 0 Å². The van der Waals surface area contributed by atoms with Gasteiger partial charge in [0.15, 0.2) is 5.82 Å². The van der Waals surface area contributed by atoms with E-state index in [1.165, 1.54) is 0 Å². The van der Waals surface area contributed by atoms with Gasteiger partial charge in [0, 0.05) is 25.6 Å². The number of ether oxygens (including phenoxy) is 1. The van der Waals surface area contributed by atoms with Crippen LogP contribution in [0.5, 0.6) is 0 Å². The van der Waals surface area contributed by atoms with Crippen LogP contribution in [0, 0.1) is 0 Å². The molecule has 2 aliphatic heterocycles. The lowest BCUT2D eigenvalue weighted by molar-refractivity contribution is -0.142. The summed E-state index contributed by atoms with van der Waals surface area (Å²) < 4.78 is 7.61. The predicted molar refractivity (Wildman–Crippen MR) is 68.5 cm³/mol. The molecular weight excluding hydrogens is 244 g/mol. The van der Waals surface area contributed by atoms with E-state index in [0.717, 1.165) is 37.6 Å². The van der Waals surface area contributed by atoms with Crippen LogP contribution in [0.15, 0.2) is 0 Å². The minimum atomic E-state index is -0.237. The van der Waals surface area contributed by atoms with Crippen LogP contribution in [-0.2, 0) is 22.6 Å². The molecule has 0 bridgehead atoms. The fourth-order valence-corrected chi connectivity index (χ4v) is 2.77. The van der Waals surface area contributed by atoms with E-state index in [1.54, 1.807) is 0 Å². The standard InChI is InChI=1S/C13H20N4O2/c1-9(2)12-15-14-11-8-16(5-6-17(11)12)13(18)10-4-3-7-19-10/h9-10H,3-8H2,1-2H3/t10-/m1/s1. The van der Waals surface area contributed by atoms with Crippen molar-refractivity contribution < 1.29 is 9.53 Å². The van der Waals surface area contributed by atoms with Crippen LogP contribution in [0.25, 0.3) is 0 Å². The van der Waals surface area contributed by atoms with Crippen molar-refractivity contribution in [1.29, 1.82) is 0 Å². The maximum Gasteiger partial charge on any atom is 0.252 e. The van der Waals surface area contributed by atoms with Gasteiger partial charge in [-0.25, -0.2) is 0 Å². The molecule has 1 fully saturated rings. The van der Waals surface area contributed by atoms with Gasteiger partial charge < -0.3 is 14.2 Å². The van der Waals surface area contributed by atoms with Crippen LogP contribution < -0.4 is 0 Å². The highest BCUT2D eigenvalue weighted by molar-refractivity contribution is 5.81. The Morgan fingerprint density at radius 2 is 2.21 bits per heavy atom. The van der Waals surface area contributed by atoms with Crippen molar-refractivity contribution in [3.05, 3.63) is 11.6 Å². The Bertz CT molecular complexity index is 477. The molecule has 0 N–H and O–H groups in total. The summed E-state index contributed by atoms with van der Waals surface area (Å²) in [6.45, 7) is 7.00. The van der Waals surface area contributed by atoms with E-state index < -0.39 is 0 Å². The maximum absolute atomic E-state index is 12.3. The average molecular weight is 264 g/mol. The zero-order valence-corrected chi connectivity index (χ0v) is 11.5. The van der Waals surface area contributed by atoms with Crippen LogP contribution in [-0.4, -0.2) is 44.8 Å². The number of amides is 1. The average Bonchev–Trinajstić information content (AvgIpc) is 3.06. The first-order valence-corrected chi connectivity index (χ1v) is 6.99. The summed E-state index contributed by atoms with van der Waals surface area (Å²) in [5.74, 6) is 2.38. The van der Waals surface area contributed by atoms with Gasteiger partial charge in [0.1, 0.15) is 11.9 Å². The first-order chi connectivity index (χ1) is 9.16. The van der Waals surface area contributed by atoms with Gasteiger partial charge in [-0.1, -0.05) is 13.8 Å². The van der Waals surface area contributed by atoms with Crippen molar-refractivity contribution >= 4 is 5.91 Å². The van der Waals surface area contributed by atoms with Crippen molar-refractivity contribution in [3.8, 4) is 0 Å². The van der Waals surface area contributed by atoms with Gasteiger partial charge in [-0.15, -0.1) is 10.2 Å². The number of aromatic nitrogens is 3. The molecule has 0 spiro atoms. The number of carbonyl (C=O) groups excluding carboxylic acids is 1. The molecule has 3 rings (SSSR count). The highest BCUT2D eigenvalue weighted by Crippen LogP contribution is 2.21. The van der Waals surface area contributed by atoms with Gasteiger partial charge in [0.2, 0.25) is 0 Å². The van der Waals surface area contributed by atoms with Gasteiger partial charge in [0.05, 0.1) is 6.54 Å². The third-order valence-electron chi connectivity index (χ3n) is 3.82.